The third-order valence-electron chi connectivity index (χ3n) is 3.33. The lowest BCUT2D eigenvalue weighted by atomic mass is 10.2. The molecule has 9 heteroatoms. The van der Waals surface area contributed by atoms with Gasteiger partial charge in [-0.25, -0.2) is 0 Å². The average Bonchev–Trinajstić information content (AvgIpc) is 3.14. The van der Waals surface area contributed by atoms with Crippen LogP contribution in [0.25, 0.3) is 11.5 Å². The Balaban J connectivity index is 1.38. The van der Waals surface area contributed by atoms with Crippen LogP contribution < -0.4 is 5.32 Å². The molecule has 2 aromatic carbocycles. The molecule has 0 aliphatic heterocycles. The molecule has 0 fully saturated rings. The maximum absolute atomic E-state index is 11.9. The summed E-state index contributed by atoms with van der Waals surface area (Å²) in [6.07, 6.45) is 0. The van der Waals surface area contributed by atoms with Crippen LogP contribution in [0, 0.1) is 0 Å². The zero-order valence-corrected chi connectivity index (χ0v) is 17.2. The number of hydrogen-bond donors (Lipinski definition) is 1. The number of amides is 1. The number of halogens is 2. The predicted molar refractivity (Wildman–Crippen MR) is 111 cm³/mol. The summed E-state index contributed by atoms with van der Waals surface area (Å²) in [5.74, 6) is 1.31. The van der Waals surface area contributed by atoms with Crippen molar-refractivity contribution >= 4 is 52.6 Å². The van der Waals surface area contributed by atoms with E-state index in [9.17, 15) is 4.79 Å². The Hall–Kier alpha value is -1.67. The van der Waals surface area contributed by atoms with Crippen LogP contribution in [0.3, 0.4) is 0 Å². The van der Waals surface area contributed by atoms with Crippen LogP contribution in [0.1, 0.15) is 0 Å². The molecular weight excluding hydrogens is 425 g/mol. The summed E-state index contributed by atoms with van der Waals surface area (Å²) in [4.78, 5) is 13.0. The molecule has 0 aliphatic carbocycles. The van der Waals surface area contributed by atoms with Gasteiger partial charge < -0.3 is 9.73 Å². The van der Waals surface area contributed by atoms with Crippen molar-refractivity contribution in [3.8, 4) is 11.5 Å². The third-order valence-corrected chi connectivity index (χ3v) is 5.67. The van der Waals surface area contributed by atoms with Crippen molar-refractivity contribution in [1.29, 1.82) is 0 Å². The van der Waals surface area contributed by atoms with E-state index in [1.54, 1.807) is 36.0 Å². The maximum Gasteiger partial charge on any atom is 0.277 e. The highest BCUT2D eigenvalue weighted by atomic mass is 35.5. The monoisotopic (exact) mass is 439 g/mol. The van der Waals surface area contributed by atoms with E-state index in [1.807, 2.05) is 24.3 Å². The number of benzene rings is 2. The van der Waals surface area contributed by atoms with Gasteiger partial charge >= 0.3 is 0 Å². The molecule has 0 aliphatic rings. The Kier molecular flexibility index (Phi) is 7.46. The Morgan fingerprint density at radius 2 is 1.63 bits per heavy atom. The summed E-state index contributed by atoms with van der Waals surface area (Å²) in [5, 5.41) is 12.5. The molecule has 0 unspecified atom stereocenters. The molecule has 27 heavy (non-hydrogen) atoms. The van der Waals surface area contributed by atoms with Crippen molar-refractivity contribution in [1.82, 2.24) is 15.5 Å². The van der Waals surface area contributed by atoms with Crippen LogP contribution in [-0.4, -0.2) is 34.2 Å². The lowest BCUT2D eigenvalue weighted by molar-refractivity contribution is -0.118. The summed E-state index contributed by atoms with van der Waals surface area (Å²) in [7, 11) is 0. The second kappa shape index (κ2) is 10.0. The van der Waals surface area contributed by atoms with E-state index < -0.39 is 0 Å². The van der Waals surface area contributed by atoms with E-state index in [0.29, 0.717) is 27.7 Å². The first-order chi connectivity index (χ1) is 13.1. The van der Waals surface area contributed by atoms with E-state index in [1.165, 1.54) is 11.8 Å². The summed E-state index contributed by atoms with van der Waals surface area (Å²) in [6, 6.07) is 14.7. The lowest BCUT2D eigenvalue weighted by Crippen LogP contribution is -2.27. The van der Waals surface area contributed by atoms with Crippen molar-refractivity contribution in [2.75, 3.05) is 18.1 Å². The number of hydrogen-bond acceptors (Lipinski definition) is 6. The van der Waals surface area contributed by atoms with Gasteiger partial charge in [0.05, 0.1) is 5.75 Å². The Bertz CT molecular complexity index is 886. The van der Waals surface area contributed by atoms with Crippen molar-refractivity contribution in [2.24, 2.45) is 0 Å². The van der Waals surface area contributed by atoms with Crippen LogP contribution in [0.4, 0.5) is 0 Å². The van der Waals surface area contributed by atoms with Gasteiger partial charge in [-0.3, -0.25) is 4.79 Å². The van der Waals surface area contributed by atoms with E-state index >= 15 is 0 Å². The number of carbonyl (C=O) groups excluding carboxylic acids is 1. The minimum absolute atomic E-state index is 0.0806. The second-order valence-corrected chi connectivity index (χ2v) is 8.29. The molecule has 1 N–H and O–H groups in total. The highest BCUT2D eigenvalue weighted by molar-refractivity contribution is 7.99. The first-order valence-corrected chi connectivity index (χ1v) is 10.7. The van der Waals surface area contributed by atoms with E-state index in [2.05, 4.69) is 15.5 Å². The molecule has 3 aromatic rings. The molecule has 0 saturated carbocycles. The summed E-state index contributed by atoms with van der Waals surface area (Å²) >= 11 is 14.6. The van der Waals surface area contributed by atoms with Crippen molar-refractivity contribution in [2.45, 2.75) is 10.1 Å². The van der Waals surface area contributed by atoms with Crippen molar-refractivity contribution < 1.29 is 9.21 Å². The van der Waals surface area contributed by atoms with Gasteiger partial charge in [-0.2, -0.15) is 0 Å². The number of carbonyl (C=O) groups is 1. The normalized spacial score (nSPS) is 10.7. The van der Waals surface area contributed by atoms with Gasteiger partial charge in [-0.15, -0.1) is 22.0 Å². The molecular formula is C18H15Cl2N3O2S2. The Morgan fingerprint density at radius 3 is 2.33 bits per heavy atom. The zero-order valence-electron chi connectivity index (χ0n) is 14.0. The first-order valence-electron chi connectivity index (χ1n) is 7.97. The minimum Gasteiger partial charge on any atom is -0.411 e. The summed E-state index contributed by atoms with van der Waals surface area (Å²) in [5.41, 5.74) is 0.780. The van der Waals surface area contributed by atoms with Crippen LogP contribution in [0.2, 0.25) is 10.0 Å². The predicted octanol–water partition coefficient (Wildman–Crippen LogP) is 5.04. The zero-order chi connectivity index (χ0) is 19.1. The van der Waals surface area contributed by atoms with Crippen molar-refractivity contribution in [3.63, 3.8) is 0 Å². The quantitative estimate of drug-likeness (QED) is 0.391. The molecule has 0 atom stereocenters. The van der Waals surface area contributed by atoms with E-state index in [-0.39, 0.29) is 11.7 Å². The fourth-order valence-corrected chi connectivity index (χ4v) is 3.66. The lowest BCUT2D eigenvalue weighted by Gasteiger charge is -2.04. The summed E-state index contributed by atoms with van der Waals surface area (Å²) in [6.45, 7) is 0.576. The van der Waals surface area contributed by atoms with E-state index in [4.69, 9.17) is 27.6 Å². The van der Waals surface area contributed by atoms with Crippen LogP contribution in [-0.2, 0) is 4.79 Å². The van der Waals surface area contributed by atoms with Gasteiger partial charge in [0, 0.05) is 32.8 Å². The van der Waals surface area contributed by atoms with E-state index in [0.717, 1.165) is 16.2 Å². The Morgan fingerprint density at radius 1 is 0.963 bits per heavy atom. The number of nitrogens with one attached hydrogen (secondary N) is 1. The number of thioether (sulfide) groups is 2. The highest BCUT2D eigenvalue weighted by Gasteiger charge is 2.11. The molecule has 3 rings (SSSR count). The average molecular weight is 440 g/mol. The minimum atomic E-state index is -0.0806. The molecule has 1 heterocycles. The van der Waals surface area contributed by atoms with Gasteiger partial charge in [0.1, 0.15) is 0 Å². The van der Waals surface area contributed by atoms with Gasteiger partial charge in [0.25, 0.3) is 5.22 Å². The third kappa shape index (κ3) is 6.46. The van der Waals surface area contributed by atoms with Crippen LogP contribution in [0.15, 0.2) is 63.1 Å². The van der Waals surface area contributed by atoms with Gasteiger partial charge in [0.15, 0.2) is 0 Å². The van der Waals surface area contributed by atoms with Crippen LogP contribution in [0.5, 0.6) is 0 Å². The number of nitrogens with zero attached hydrogens (tertiary/aromatic N) is 2. The molecule has 0 bridgehead atoms. The largest absolute Gasteiger partial charge is 0.411 e. The molecule has 0 spiro atoms. The SMILES string of the molecule is O=C(CSc1nnc(-c2ccc(Cl)cc2)o1)NCCSc1ccc(Cl)cc1. The first kappa shape index (κ1) is 20.1. The summed E-state index contributed by atoms with van der Waals surface area (Å²) < 4.78 is 5.56. The molecule has 1 amide bonds. The molecule has 140 valence electrons. The molecule has 0 radical (unpaired) electrons. The highest BCUT2D eigenvalue weighted by Crippen LogP contribution is 2.24. The maximum atomic E-state index is 11.9. The Labute approximate surface area is 175 Å². The standard InChI is InChI=1S/C18H15Cl2N3O2S2/c19-13-3-1-12(2-4-13)17-22-23-18(25-17)27-11-16(24)21-9-10-26-15-7-5-14(20)6-8-15/h1-8H,9-11H2,(H,21,24). The number of rotatable bonds is 8. The van der Waals surface area contributed by atoms with Crippen molar-refractivity contribution in [3.05, 3.63) is 58.6 Å². The van der Waals surface area contributed by atoms with Gasteiger partial charge in [-0.05, 0) is 48.5 Å². The smallest absolute Gasteiger partial charge is 0.277 e. The molecule has 1 aromatic heterocycles. The topological polar surface area (TPSA) is 68.0 Å². The van der Waals surface area contributed by atoms with Gasteiger partial charge in [-0.1, -0.05) is 35.0 Å². The second-order valence-electron chi connectivity index (χ2n) is 5.32. The van der Waals surface area contributed by atoms with Crippen LogP contribution >= 0.6 is 46.7 Å². The van der Waals surface area contributed by atoms with Gasteiger partial charge in [0.2, 0.25) is 11.8 Å². The fraction of sp³-hybridized carbons (Fsp3) is 0.167. The fourth-order valence-electron chi connectivity index (χ4n) is 2.05. The number of aromatic nitrogens is 2. The molecule has 0 saturated heterocycles. The molecule has 5 nitrogen and oxygen atoms in total.